The standard InChI is InChI=1S/C20H28N2O2/c1-15-5-7-16(8-6-15)9-10-19(23)22-13-11-18(12-14-22)21-20(24)17-3-2-4-17/h5-8,17-18H,2-4,9-14H2,1H3,(H,21,24). The Bertz CT molecular complexity index is 570. The zero-order chi connectivity index (χ0) is 16.9. The second-order valence-corrected chi connectivity index (χ2v) is 7.28. The van der Waals surface area contributed by atoms with Crippen molar-refractivity contribution in [2.24, 2.45) is 5.92 Å². The number of amides is 2. The summed E-state index contributed by atoms with van der Waals surface area (Å²) in [5, 5.41) is 3.17. The number of likely N-dealkylation sites (tertiary alicyclic amines) is 1. The predicted octanol–water partition coefficient (Wildman–Crippen LogP) is 2.83. The first-order chi connectivity index (χ1) is 11.6. The van der Waals surface area contributed by atoms with E-state index in [4.69, 9.17) is 0 Å². The Balaban J connectivity index is 1.38. The molecule has 1 aromatic carbocycles. The third-order valence-electron chi connectivity index (χ3n) is 5.42. The lowest BCUT2D eigenvalue weighted by Gasteiger charge is -2.34. The lowest BCUT2D eigenvalue weighted by molar-refractivity contribution is -0.132. The van der Waals surface area contributed by atoms with E-state index >= 15 is 0 Å². The molecule has 0 unspecified atom stereocenters. The second kappa shape index (κ2) is 7.82. The Labute approximate surface area is 144 Å². The van der Waals surface area contributed by atoms with Crippen LogP contribution in [0.3, 0.4) is 0 Å². The highest BCUT2D eigenvalue weighted by molar-refractivity contribution is 5.80. The predicted molar refractivity (Wildman–Crippen MR) is 94.6 cm³/mol. The number of nitrogens with zero attached hydrogens (tertiary/aromatic N) is 1. The summed E-state index contributed by atoms with van der Waals surface area (Å²) in [4.78, 5) is 26.3. The molecule has 2 amide bonds. The highest BCUT2D eigenvalue weighted by Crippen LogP contribution is 2.26. The number of hydrogen-bond acceptors (Lipinski definition) is 2. The number of carbonyl (C=O) groups is 2. The van der Waals surface area contributed by atoms with Crippen LogP contribution in [0.25, 0.3) is 0 Å². The molecule has 4 nitrogen and oxygen atoms in total. The van der Waals surface area contributed by atoms with E-state index in [0.29, 0.717) is 6.42 Å². The lowest BCUT2D eigenvalue weighted by atomic mass is 9.84. The molecule has 1 N–H and O–H groups in total. The smallest absolute Gasteiger partial charge is 0.223 e. The molecule has 4 heteroatoms. The molecular weight excluding hydrogens is 300 g/mol. The van der Waals surface area contributed by atoms with Crippen LogP contribution in [0.1, 0.15) is 49.7 Å². The number of carbonyl (C=O) groups excluding carboxylic acids is 2. The molecule has 1 heterocycles. The molecule has 0 spiro atoms. The van der Waals surface area contributed by atoms with Crippen molar-refractivity contribution >= 4 is 11.8 Å². The van der Waals surface area contributed by atoms with Crippen LogP contribution in [0.4, 0.5) is 0 Å². The van der Waals surface area contributed by atoms with Gasteiger partial charge in [-0.05, 0) is 44.6 Å². The topological polar surface area (TPSA) is 49.4 Å². The van der Waals surface area contributed by atoms with Crippen molar-refractivity contribution in [2.45, 2.75) is 57.9 Å². The number of benzene rings is 1. The molecule has 3 rings (SSSR count). The summed E-state index contributed by atoms with van der Waals surface area (Å²) in [6.45, 7) is 3.60. The van der Waals surface area contributed by atoms with Crippen molar-refractivity contribution in [1.82, 2.24) is 10.2 Å². The largest absolute Gasteiger partial charge is 0.353 e. The Morgan fingerprint density at radius 3 is 2.33 bits per heavy atom. The first-order valence-electron chi connectivity index (χ1n) is 9.25. The first-order valence-corrected chi connectivity index (χ1v) is 9.25. The van der Waals surface area contributed by atoms with Crippen LogP contribution in [0.2, 0.25) is 0 Å². The highest BCUT2D eigenvalue weighted by Gasteiger charge is 2.29. The molecule has 1 aliphatic carbocycles. The van der Waals surface area contributed by atoms with Gasteiger partial charge in [-0.25, -0.2) is 0 Å². The fraction of sp³-hybridized carbons (Fsp3) is 0.600. The molecule has 0 atom stereocenters. The summed E-state index contributed by atoms with van der Waals surface area (Å²) in [5.41, 5.74) is 2.47. The van der Waals surface area contributed by atoms with Gasteiger partial charge in [0.15, 0.2) is 0 Å². The van der Waals surface area contributed by atoms with Crippen molar-refractivity contribution < 1.29 is 9.59 Å². The molecule has 1 saturated carbocycles. The van der Waals surface area contributed by atoms with E-state index in [1.54, 1.807) is 0 Å². The van der Waals surface area contributed by atoms with E-state index in [2.05, 4.69) is 36.5 Å². The van der Waals surface area contributed by atoms with Gasteiger partial charge in [-0.1, -0.05) is 36.2 Å². The Morgan fingerprint density at radius 2 is 1.75 bits per heavy atom. The molecule has 2 aliphatic rings. The van der Waals surface area contributed by atoms with E-state index in [0.717, 1.165) is 45.2 Å². The minimum absolute atomic E-state index is 0.227. The minimum Gasteiger partial charge on any atom is -0.353 e. The summed E-state index contributed by atoms with van der Waals surface area (Å²) < 4.78 is 0. The zero-order valence-corrected chi connectivity index (χ0v) is 14.6. The summed E-state index contributed by atoms with van der Waals surface area (Å²) >= 11 is 0. The van der Waals surface area contributed by atoms with E-state index in [9.17, 15) is 9.59 Å². The third-order valence-corrected chi connectivity index (χ3v) is 5.42. The van der Waals surface area contributed by atoms with Crippen molar-refractivity contribution in [3.05, 3.63) is 35.4 Å². The van der Waals surface area contributed by atoms with Crippen LogP contribution < -0.4 is 5.32 Å². The van der Waals surface area contributed by atoms with Crippen LogP contribution in [0, 0.1) is 12.8 Å². The van der Waals surface area contributed by atoms with E-state index < -0.39 is 0 Å². The first kappa shape index (κ1) is 17.0. The summed E-state index contributed by atoms with van der Waals surface area (Å²) in [7, 11) is 0. The second-order valence-electron chi connectivity index (χ2n) is 7.28. The summed E-state index contributed by atoms with van der Waals surface area (Å²) in [5.74, 6) is 0.712. The van der Waals surface area contributed by atoms with Gasteiger partial charge in [0, 0.05) is 31.5 Å². The van der Waals surface area contributed by atoms with Crippen LogP contribution in [-0.4, -0.2) is 35.8 Å². The number of nitrogens with one attached hydrogen (secondary N) is 1. The van der Waals surface area contributed by atoms with Crippen LogP contribution in [0.15, 0.2) is 24.3 Å². The Morgan fingerprint density at radius 1 is 1.08 bits per heavy atom. The monoisotopic (exact) mass is 328 g/mol. The van der Waals surface area contributed by atoms with Crippen LogP contribution in [0.5, 0.6) is 0 Å². The van der Waals surface area contributed by atoms with E-state index in [1.165, 1.54) is 17.5 Å². The maximum Gasteiger partial charge on any atom is 0.223 e. The normalized spacial score (nSPS) is 19.0. The van der Waals surface area contributed by atoms with Crippen molar-refractivity contribution in [1.29, 1.82) is 0 Å². The fourth-order valence-electron chi connectivity index (χ4n) is 3.43. The van der Waals surface area contributed by atoms with Gasteiger partial charge < -0.3 is 10.2 Å². The van der Waals surface area contributed by atoms with Gasteiger partial charge in [0.1, 0.15) is 0 Å². The maximum absolute atomic E-state index is 12.4. The maximum atomic E-state index is 12.4. The molecule has 130 valence electrons. The van der Waals surface area contributed by atoms with Gasteiger partial charge >= 0.3 is 0 Å². The van der Waals surface area contributed by atoms with Crippen LogP contribution in [-0.2, 0) is 16.0 Å². The fourth-order valence-corrected chi connectivity index (χ4v) is 3.43. The molecular formula is C20H28N2O2. The molecule has 1 aliphatic heterocycles. The number of aryl methyl sites for hydroxylation is 2. The molecule has 0 bridgehead atoms. The molecule has 1 aromatic rings. The lowest BCUT2D eigenvalue weighted by Crippen LogP contribution is -2.48. The average molecular weight is 328 g/mol. The van der Waals surface area contributed by atoms with Gasteiger partial charge in [-0.2, -0.15) is 0 Å². The van der Waals surface area contributed by atoms with Gasteiger partial charge in [0.05, 0.1) is 0 Å². The Kier molecular flexibility index (Phi) is 5.54. The van der Waals surface area contributed by atoms with Gasteiger partial charge in [0.2, 0.25) is 11.8 Å². The van der Waals surface area contributed by atoms with Gasteiger partial charge in [-0.3, -0.25) is 9.59 Å². The van der Waals surface area contributed by atoms with Crippen molar-refractivity contribution in [3.63, 3.8) is 0 Å². The van der Waals surface area contributed by atoms with Gasteiger partial charge in [-0.15, -0.1) is 0 Å². The van der Waals surface area contributed by atoms with Crippen LogP contribution >= 0.6 is 0 Å². The van der Waals surface area contributed by atoms with Gasteiger partial charge in [0.25, 0.3) is 0 Å². The molecule has 1 saturated heterocycles. The molecule has 0 aromatic heterocycles. The average Bonchev–Trinajstić information content (AvgIpc) is 2.53. The third kappa shape index (κ3) is 4.37. The molecule has 24 heavy (non-hydrogen) atoms. The number of hydrogen-bond donors (Lipinski definition) is 1. The summed E-state index contributed by atoms with van der Waals surface area (Å²) in [6.07, 6.45) is 6.42. The van der Waals surface area contributed by atoms with Crippen molar-refractivity contribution in [3.8, 4) is 0 Å². The number of rotatable bonds is 5. The van der Waals surface area contributed by atoms with E-state index in [-0.39, 0.29) is 23.8 Å². The highest BCUT2D eigenvalue weighted by atomic mass is 16.2. The minimum atomic E-state index is 0.227. The number of piperidine rings is 1. The van der Waals surface area contributed by atoms with Crippen molar-refractivity contribution in [2.75, 3.05) is 13.1 Å². The molecule has 2 fully saturated rings. The Hall–Kier alpha value is -1.84. The zero-order valence-electron chi connectivity index (χ0n) is 14.6. The summed E-state index contributed by atoms with van der Waals surface area (Å²) in [6, 6.07) is 8.64. The van der Waals surface area contributed by atoms with E-state index in [1.807, 2.05) is 4.90 Å². The molecule has 0 radical (unpaired) electrons. The SMILES string of the molecule is Cc1ccc(CCC(=O)N2CCC(NC(=O)C3CCC3)CC2)cc1. The quantitative estimate of drug-likeness (QED) is 0.903.